The molecule has 0 rings (SSSR count). The number of carbonyl (C=O) groups excluding carboxylic acids is 1. The molecule has 0 radical (unpaired) electrons. The molecule has 0 amide bonds. The van der Waals surface area contributed by atoms with Gasteiger partial charge in [0.1, 0.15) is 6.04 Å². The number of carbonyl (C=O) groups is 1. The first-order valence-electron chi connectivity index (χ1n) is 4.92. The minimum Gasteiger partial charge on any atom is -0.468 e. The van der Waals surface area contributed by atoms with E-state index in [-0.39, 0.29) is 13.1 Å². The molecule has 2 N–H and O–H groups in total. The summed E-state index contributed by atoms with van der Waals surface area (Å²) in [6.07, 6.45) is -3.73. The standard InChI is InChI=1S/C9H17F3N2O2/c1-3-4-14(6-9(10,11)12)5-7(13)8(15)16-2/h7H,3-6,13H2,1-2H3. The average Bonchev–Trinajstić information content (AvgIpc) is 2.14. The summed E-state index contributed by atoms with van der Waals surface area (Å²) >= 11 is 0. The number of nitrogens with zero attached hydrogens (tertiary/aromatic N) is 1. The first kappa shape index (κ1) is 15.2. The Hall–Kier alpha value is -0.820. The van der Waals surface area contributed by atoms with E-state index < -0.39 is 24.7 Å². The number of hydrogen-bond donors (Lipinski definition) is 1. The zero-order chi connectivity index (χ0) is 12.8. The van der Waals surface area contributed by atoms with E-state index in [2.05, 4.69) is 4.74 Å². The molecule has 96 valence electrons. The van der Waals surface area contributed by atoms with Crippen molar-refractivity contribution in [2.45, 2.75) is 25.6 Å². The predicted molar refractivity (Wildman–Crippen MR) is 52.8 cm³/mol. The highest BCUT2D eigenvalue weighted by molar-refractivity contribution is 5.75. The van der Waals surface area contributed by atoms with Gasteiger partial charge in [0, 0.05) is 6.54 Å². The first-order chi connectivity index (χ1) is 7.30. The van der Waals surface area contributed by atoms with Crippen LogP contribution in [0.5, 0.6) is 0 Å². The van der Waals surface area contributed by atoms with Gasteiger partial charge in [0.15, 0.2) is 0 Å². The summed E-state index contributed by atoms with van der Waals surface area (Å²) in [6.45, 7) is 0.781. The molecule has 0 spiro atoms. The fourth-order valence-electron chi connectivity index (χ4n) is 1.31. The Kier molecular flexibility index (Phi) is 6.35. The smallest absolute Gasteiger partial charge is 0.401 e. The van der Waals surface area contributed by atoms with Crippen LogP contribution in [0.1, 0.15) is 13.3 Å². The summed E-state index contributed by atoms with van der Waals surface area (Å²) < 4.78 is 40.8. The number of nitrogens with two attached hydrogens (primary N) is 1. The van der Waals surface area contributed by atoms with Gasteiger partial charge in [0.25, 0.3) is 0 Å². The molecule has 7 heteroatoms. The Morgan fingerprint density at radius 3 is 2.44 bits per heavy atom. The lowest BCUT2D eigenvalue weighted by atomic mass is 10.2. The van der Waals surface area contributed by atoms with Gasteiger partial charge in [-0.1, -0.05) is 6.92 Å². The minimum atomic E-state index is -4.29. The van der Waals surface area contributed by atoms with Crippen LogP contribution >= 0.6 is 0 Å². The maximum atomic E-state index is 12.2. The lowest BCUT2D eigenvalue weighted by Crippen LogP contribution is -2.46. The Morgan fingerprint density at radius 2 is 2.06 bits per heavy atom. The zero-order valence-electron chi connectivity index (χ0n) is 9.38. The van der Waals surface area contributed by atoms with Crippen molar-refractivity contribution in [3.8, 4) is 0 Å². The summed E-state index contributed by atoms with van der Waals surface area (Å²) in [4.78, 5) is 12.1. The molecular weight excluding hydrogens is 225 g/mol. The van der Waals surface area contributed by atoms with Gasteiger partial charge in [-0.25, -0.2) is 0 Å². The molecule has 4 nitrogen and oxygen atoms in total. The van der Waals surface area contributed by atoms with Gasteiger partial charge in [-0.2, -0.15) is 13.2 Å². The van der Waals surface area contributed by atoms with Crippen LogP contribution in [0.4, 0.5) is 13.2 Å². The van der Waals surface area contributed by atoms with Gasteiger partial charge < -0.3 is 10.5 Å². The summed E-state index contributed by atoms with van der Waals surface area (Å²) in [5, 5.41) is 0. The number of ether oxygens (including phenoxy) is 1. The third kappa shape index (κ3) is 6.62. The van der Waals surface area contributed by atoms with Crippen LogP contribution < -0.4 is 5.73 Å². The first-order valence-corrected chi connectivity index (χ1v) is 4.92. The predicted octanol–water partition coefficient (Wildman–Crippen LogP) is 0.761. The number of methoxy groups -OCH3 is 1. The van der Waals surface area contributed by atoms with Crippen molar-refractivity contribution in [1.29, 1.82) is 0 Å². The van der Waals surface area contributed by atoms with E-state index >= 15 is 0 Å². The highest BCUT2D eigenvalue weighted by Gasteiger charge is 2.31. The normalized spacial score (nSPS) is 13.9. The Balaban J connectivity index is 4.27. The zero-order valence-corrected chi connectivity index (χ0v) is 9.38. The quantitative estimate of drug-likeness (QED) is 0.699. The van der Waals surface area contributed by atoms with E-state index in [1.165, 1.54) is 0 Å². The topological polar surface area (TPSA) is 55.6 Å². The molecule has 1 unspecified atom stereocenters. The molecule has 0 saturated carbocycles. The van der Waals surface area contributed by atoms with Crippen molar-refractivity contribution in [3.05, 3.63) is 0 Å². The molecule has 1 atom stereocenters. The molecule has 0 fully saturated rings. The third-order valence-electron chi connectivity index (χ3n) is 1.90. The maximum Gasteiger partial charge on any atom is 0.401 e. The van der Waals surface area contributed by atoms with Crippen LogP contribution in [0.2, 0.25) is 0 Å². The van der Waals surface area contributed by atoms with Crippen LogP contribution in [-0.2, 0) is 9.53 Å². The molecule has 0 aliphatic carbocycles. The Labute approximate surface area is 92.5 Å². The largest absolute Gasteiger partial charge is 0.468 e. The van der Waals surface area contributed by atoms with Crippen LogP contribution in [-0.4, -0.2) is 49.8 Å². The summed E-state index contributed by atoms with van der Waals surface area (Å²) in [5.41, 5.74) is 5.39. The van der Waals surface area contributed by atoms with Gasteiger partial charge in [0.05, 0.1) is 13.7 Å². The lowest BCUT2D eigenvalue weighted by molar-refractivity contribution is -0.152. The van der Waals surface area contributed by atoms with Gasteiger partial charge in [-0.05, 0) is 13.0 Å². The molecule has 0 bridgehead atoms. The fraction of sp³-hybridized carbons (Fsp3) is 0.889. The summed E-state index contributed by atoms with van der Waals surface area (Å²) in [5.74, 6) is -0.705. The second-order valence-electron chi connectivity index (χ2n) is 3.48. The molecule has 0 aliphatic rings. The van der Waals surface area contributed by atoms with Crippen molar-refractivity contribution >= 4 is 5.97 Å². The third-order valence-corrected chi connectivity index (χ3v) is 1.90. The molecule has 0 aliphatic heterocycles. The molecule has 0 aromatic heterocycles. The Bertz CT molecular complexity index is 221. The maximum absolute atomic E-state index is 12.2. The number of alkyl halides is 3. The second kappa shape index (κ2) is 6.70. The van der Waals surface area contributed by atoms with E-state index in [1.807, 2.05) is 0 Å². The van der Waals surface area contributed by atoms with Crippen LogP contribution in [0.3, 0.4) is 0 Å². The van der Waals surface area contributed by atoms with Crippen molar-refractivity contribution in [2.75, 3.05) is 26.7 Å². The monoisotopic (exact) mass is 242 g/mol. The summed E-state index contributed by atoms with van der Waals surface area (Å²) in [7, 11) is 1.15. The van der Waals surface area contributed by atoms with Crippen molar-refractivity contribution in [2.24, 2.45) is 5.73 Å². The van der Waals surface area contributed by atoms with Gasteiger partial charge in [-0.3, -0.25) is 9.69 Å². The lowest BCUT2D eigenvalue weighted by Gasteiger charge is -2.24. The number of halogens is 3. The average molecular weight is 242 g/mol. The minimum absolute atomic E-state index is 0.153. The molecular formula is C9H17F3N2O2. The highest BCUT2D eigenvalue weighted by Crippen LogP contribution is 2.16. The van der Waals surface area contributed by atoms with Crippen LogP contribution in [0.15, 0.2) is 0 Å². The van der Waals surface area contributed by atoms with Crippen molar-refractivity contribution in [1.82, 2.24) is 4.90 Å². The molecule has 0 saturated heterocycles. The Morgan fingerprint density at radius 1 is 1.50 bits per heavy atom. The fourth-order valence-corrected chi connectivity index (χ4v) is 1.31. The van der Waals surface area contributed by atoms with E-state index in [0.717, 1.165) is 12.0 Å². The number of hydrogen-bond acceptors (Lipinski definition) is 4. The van der Waals surface area contributed by atoms with Gasteiger partial charge in [0.2, 0.25) is 0 Å². The number of rotatable bonds is 6. The molecule has 16 heavy (non-hydrogen) atoms. The molecule has 0 aromatic rings. The van der Waals surface area contributed by atoms with E-state index in [4.69, 9.17) is 5.73 Å². The van der Waals surface area contributed by atoms with Crippen molar-refractivity contribution in [3.63, 3.8) is 0 Å². The van der Waals surface area contributed by atoms with Gasteiger partial charge in [-0.15, -0.1) is 0 Å². The van der Waals surface area contributed by atoms with E-state index in [0.29, 0.717) is 6.42 Å². The second-order valence-corrected chi connectivity index (χ2v) is 3.48. The SMILES string of the molecule is CCCN(CC(N)C(=O)OC)CC(F)(F)F. The molecule has 0 heterocycles. The van der Waals surface area contributed by atoms with Crippen molar-refractivity contribution < 1.29 is 22.7 Å². The van der Waals surface area contributed by atoms with Crippen LogP contribution in [0, 0.1) is 0 Å². The number of esters is 1. The van der Waals surface area contributed by atoms with Crippen LogP contribution in [0.25, 0.3) is 0 Å². The summed E-state index contributed by atoms with van der Waals surface area (Å²) in [6, 6.07) is -1.04. The molecule has 0 aromatic carbocycles. The highest BCUT2D eigenvalue weighted by atomic mass is 19.4. The van der Waals surface area contributed by atoms with Gasteiger partial charge >= 0.3 is 12.1 Å². The van der Waals surface area contributed by atoms with E-state index in [1.54, 1.807) is 6.92 Å². The van der Waals surface area contributed by atoms with E-state index in [9.17, 15) is 18.0 Å².